The van der Waals surface area contributed by atoms with Crippen molar-refractivity contribution in [3.8, 4) is 0 Å². The summed E-state index contributed by atoms with van der Waals surface area (Å²) >= 11 is 3.62. The minimum Gasteiger partial charge on any atom is -0.467 e. The normalized spacial score (nSPS) is 11.2. The molecule has 0 fully saturated rings. The van der Waals surface area contributed by atoms with Crippen molar-refractivity contribution in [2.24, 2.45) is 5.92 Å². The molecule has 3 nitrogen and oxygen atoms in total. The van der Waals surface area contributed by atoms with Crippen molar-refractivity contribution in [3.05, 3.63) is 58.0 Å². The molecule has 0 atom stereocenters. The van der Waals surface area contributed by atoms with Gasteiger partial charge in [0.15, 0.2) is 0 Å². The van der Waals surface area contributed by atoms with E-state index in [0.29, 0.717) is 19.1 Å². The Hall–Kier alpha value is -1.10. The number of hydrogen-bond donors (Lipinski definition) is 1. The minimum atomic E-state index is 0.497. The van der Waals surface area contributed by atoms with E-state index in [1.807, 2.05) is 12.1 Å². The van der Waals surface area contributed by atoms with Crippen LogP contribution in [0.3, 0.4) is 0 Å². The van der Waals surface area contributed by atoms with Crippen LogP contribution in [0.25, 0.3) is 0 Å². The third kappa shape index (κ3) is 5.65. The van der Waals surface area contributed by atoms with Crippen LogP contribution < -0.4 is 5.32 Å². The van der Waals surface area contributed by atoms with Crippen LogP contribution in [0.5, 0.6) is 0 Å². The van der Waals surface area contributed by atoms with Gasteiger partial charge in [0.1, 0.15) is 12.4 Å². The highest BCUT2D eigenvalue weighted by atomic mass is 79.9. The molecule has 0 spiro atoms. The fraction of sp³-hybridized carbons (Fsp3) is 0.412. The van der Waals surface area contributed by atoms with Crippen molar-refractivity contribution in [3.63, 3.8) is 0 Å². The van der Waals surface area contributed by atoms with Crippen LogP contribution in [0, 0.1) is 5.92 Å². The lowest BCUT2D eigenvalue weighted by atomic mass is 10.1. The fourth-order valence-corrected chi connectivity index (χ4v) is 2.52. The van der Waals surface area contributed by atoms with Crippen molar-refractivity contribution in [2.75, 3.05) is 6.54 Å². The highest BCUT2D eigenvalue weighted by molar-refractivity contribution is 9.10. The van der Waals surface area contributed by atoms with Crippen molar-refractivity contribution in [1.82, 2.24) is 5.32 Å². The second-order valence-electron chi connectivity index (χ2n) is 5.52. The Kier molecular flexibility index (Phi) is 6.49. The topological polar surface area (TPSA) is 34.4 Å². The van der Waals surface area contributed by atoms with Crippen LogP contribution in [0.4, 0.5) is 0 Å². The van der Waals surface area contributed by atoms with Crippen LogP contribution in [0.2, 0.25) is 0 Å². The first-order chi connectivity index (χ1) is 10.1. The molecule has 1 N–H and O–H groups in total. The smallest absolute Gasteiger partial charge is 0.129 e. The van der Waals surface area contributed by atoms with Crippen molar-refractivity contribution >= 4 is 15.9 Å². The van der Waals surface area contributed by atoms with E-state index in [1.54, 1.807) is 6.26 Å². The van der Waals surface area contributed by atoms with E-state index in [0.717, 1.165) is 28.9 Å². The molecule has 0 saturated heterocycles. The largest absolute Gasteiger partial charge is 0.467 e. The van der Waals surface area contributed by atoms with Crippen LogP contribution in [0.1, 0.15) is 30.7 Å². The molecule has 2 rings (SSSR count). The standard InChI is InChI=1S/C17H22BrNO2/c1-13(2)9-19-10-14-5-6-15(17(18)8-14)11-20-12-16-4-3-7-21-16/h3-8,13,19H,9-12H2,1-2H3. The average molecular weight is 352 g/mol. The molecule has 0 saturated carbocycles. The van der Waals surface area contributed by atoms with E-state index in [2.05, 4.69) is 53.3 Å². The maximum Gasteiger partial charge on any atom is 0.129 e. The van der Waals surface area contributed by atoms with Gasteiger partial charge in [-0.05, 0) is 41.8 Å². The Labute approximate surface area is 134 Å². The van der Waals surface area contributed by atoms with E-state index in [4.69, 9.17) is 9.15 Å². The summed E-state index contributed by atoms with van der Waals surface area (Å²) in [5.74, 6) is 1.52. The van der Waals surface area contributed by atoms with E-state index < -0.39 is 0 Å². The molecule has 0 radical (unpaired) electrons. The molecular weight excluding hydrogens is 330 g/mol. The lowest BCUT2D eigenvalue weighted by Crippen LogP contribution is -2.18. The molecule has 0 amide bonds. The lowest BCUT2D eigenvalue weighted by molar-refractivity contribution is 0.0925. The summed E-state index contributed by atoms with van der Waals surface area (Å²) in [6, 6.07) is 10.2. The van der Waals surface area contributed by atoms with Gasteiger partial charge in [-0.25, -0.2) is 0 Å². The van der Waals surface area contributed by atoms with Crippen LogP contribution in [-0.2, 0) is 24.5 Å². The van der Waals surface area contributed by atoms with E-state index >= 15 is 0 Å². The maximum absolute atomic E-state index is 5.66. The summed E-state index contributed by atoms with van der Waals surface area (Å²) in [7, 11) is 0. The van der Waals surface area contributed by atoms with Gasteiger partial charge in [-0.3, -0.25) is 0 Å². The number of nitrogens with one attached hydrogen (secondary N) is 1. The third-order valence-corrected chi connectivity index (χ3v) is 3.82. The number of hydrogen-bond acceptors (Lipinski definition) is 3. The first-order valence-electron chi connectivity index (χ1n) is 7.23. The number of furan rings is 1. The Morgan fingerprint density at radius 3 is 2.76 bits per heavy atom. The number of rotatable bonds is 8. The van der Waals surface area contributed by atoms with Crippen LogP contribution >= 0.6 is 15.9 Å². The molecule has 1 heterocycles. The molecule has 0 unspecified atom stereocenters. The molecule has 21 heavy (non-hydrogen) atoms. The van der Waals surface area contributed by atoms with Gasteiger partial charge in [0.05, 0.1) is 12.9 Å². The highest BCUT2D eigenvalue weighted by Gasteiger charge is 2.03. The quantitative estimate of drug-likeness (QED) is 0.759. The predicted octanol–water partition coefficient (Wildman–Crippen LogP) is 4.50. The summed E-state index contributed by atoms with van der Waals surface area (Å²) in [5, 5.41) is 3.45. The zero-order chi connectivity index (χ0) is 15.1. The zero-order valence-corrected chi connectivity index (χ0v) is 14.2. The van der Waals surface area contributed by atoms with Crippen molar-refractivity contribution in [1.29, 1.82) is 0 Å². The van der Waals surface area contributed by atoms with Crippen LogP contribution in [-0.4, -0.2) is 6.54 Å². The Morgan fingerprint density at radius 1 is 1.24 bits per heavy atom. The second-order valence-corrected chi connectivity index (χ2v) is 6.38. The lowest BCUT2D eigenvalue weighted by Gasteiger charge is -2.10. The first-order valence-corrected chi connectivity index (χ1v) is 8.02. The minimum absolute atomic E-state index is 0.497. The van der Waals surface area contributed by atoms with Gasteiger partial charge in [0.2, 0.25) is 0 Å². The second kappa shape index (κ2) is 8.37. The molecule has 114 valence electrons. The van der Waals surface area contributed by atoms with Crippen LogP contribution in [0.15, 0.2) is 45.5 Å². The van der Waals surface area contributed by atoms with E-state index in [-0.39, 0.29) is 0 Å². The molecule has 1 aromatic carbocycles. The monoisotopic (exact) mass is 351 g/mol. The number of halogens is 1. The molecule has 2 aromatic rings. The number of ether oxygens (including phenoxy) is 1. The number of benzene rings is 1. The Bertz CT molecular complexity index is 538. The molecule has 0 aliphatic heterocycles. The van der Waals surface area contributed by atoms with E-state index in [9.17, 15) is 0 Å². The van der Waals surface area contributed by atoms with Gasteiger partial charge in [-0.1, -0.05) is 41.9 Å². The van der Waals surface area contributed by atoms with Gasteiger partial charge in [-0.2, -0.15) is 0 Å². The summed E-state index contributed by atoms with van der Waals surface area (Å²) < 4.78 is 12.0. The fourth-order valence-electron chi connectivity index (χ4n) is 1.98. The van der Waals surface area contributed by atoms with Crippen molar-refractivity contribution < 1.29 is 9.15 Å². The zero-order valence-electron chi connectivity index (χ0n) is 12.6. The molecule has 0 bridgehead atoms. The van der Waals surface area contributed by atoms with E-state index in [1.165, 1.54) is 5.56 Å². The molecule has 0 aliphatic rings. The summed E-state index contributed by atoms with van der Waals surface area (Å²) in [6.07, 6.45) is 1.66. The average Bonchev–Trinajstić information content (AvgIpc) is 2.94. The SMILES string of the molecule is CC(C)CNCc1ccc(COCc2ccco2)c(Br)c1. The summed E-state index contributed by atoms with van der Waals surface area (Å²) in [5.41, 5.74) is 2.42. The summed E-state index contributed by atoms with van der Waals surface area (Å²) in [4.78, 5) is 0. The Balaban J connectivity index is 1.81. The van der Waals surface area contributed by atoms with Gasteiger partial charge >= 0.3 is 0 Å². The van der Waals surface area contributed by atoms with Gasteiger partial charge in [-0.15, -0.1) is 0 Å². The molecule has 1 aromatic heterocycles. The molecule has 0 aliphatic carbocycles. The molecular formula is C17H22BrNO2. The van der Waals surface area contributed by atoms with Crippen molar-refractivity contribution in [2.45, 2.75) is 33.6 Å². The third-order valence-electron chi connectivity index (χ3n) is 3.08. The Morgan fingerprint density at radius 2 is 2.10 bits per heavy atom. The maximum atomic E-state index is 5.66. The van der Waals surface area contributed by atoms with Gasteiger partial charge in [0.25, 0.3) is 0 Å². The predicted molar refractivity (Wildman–Crippen MR) is 87.9 cm³/mol. The van der Waals surface area contributed by atoms with Gasteiger partial charge < -0.3 is 14.5 Å². The summed E-state index contributed by atoms with van der Waals surface area (Å²) in [6.45, 7) is 7.42. The first kappa shape index (κ1) is 16.3. The van der Waals surface area contributed by atoms with Gasteiger partial charge in [0, 0.05) is 11.0 Å². The molecule has 4 heteroatoms. The highest BCUT2D eigenvalue weighted by Crippen LogP contribution is 2.20.